The van der Waals surface area contributed by atoms with E-state index in [0.29, 0.717) is 17.5 Å². The molecule has 0 radical (unpaired) electrons. The monoisotopic (exact) mass is 287 g/mol. The number of nitrogens with zero attached hydrogens (tertiary/aromatic N) is 2. The summed E-state index contributed by atoms with van der Waals surface area (Å²) in [6.07, 6.45) is 0.763. The molecule has 0 spiro atoms. The lowest BCUT2D eigenvalue weighted by Crippen LogP contribution is -2.38. The molecule has 0 aliphatic carbocycles. The maximum atomic E-state index is 9.51. The predicted octanol–water partition coefficient (Wildman–Crippen LogP) is 2.00. The molecule has 1 aromatic heterocycles. The predicted molar refractivity (Wildman–Crippen MR) is 84.7 cm³/mol. The molecule has 0 aliphatic rings. The van der Waals surface area contributed by atoms with Gasteiger partial charge in [0.15, 0.2) is 5.82 Å². The molecule has 2 rings (SSSR count). The Morgan fingerprint density at radius 3 is 2.43 bits per heavy atom. The van der Waals surface area contributed by atoms with Gasteiger partial charge in [0.1, 0.15) is 11.6 Å². The molecule has 5 N–H and O–H groups in total. The summed E-state index contributed by atoms with van der Waals surface area (Å²) in [6.45, 7) is 3.96. The number of aliphatic hydroxyl groups is 1. The van der Waals surface area contributed by atoms with Gasteiger partial charge in [-0.3, -0.25) is 0 Å². The SMILES string of the molecule is CCC(C)(CO)Nc1cc(NN)nc(-c2ccccc2)n1. The van der Waals surface area contributed by atoms with Crippen LogP contribution in [0, 0.1) is 0 Å². The second kappa shape index (κ2) is 6.51. The second-order valence-electron chi connectivity index (χ2n) is 5.17. The van der Waals surface area contributed by atoms with Gasteiger partial charge in [0, 0.05) is 11.6 Å². The number of hydrazine groups is 1. The smallest absolute Gasteiger partial charge is 0.163 e. The van der Waals surface area contributed by atoms with E-state index in [1.165, 1.54) is 0 Å². The van der Waals surface area contributed by atoms with Crippen LogP contribution in [0.1, 0.15) is 20.3 Å². The van der Waals surface area contributed by atoms with Crippen molar-refractivity contribution in [1.82, 2.24) is 9.97 Å². The van der Waals surface area contributed by atoms with E-state index >= 15 is 0 Å². The molecule has 0 aliphatic heterocycles. The molecule has 1 unspecified atom stereocenters. The van der Waals surface area contributed by atoms with Crippen molar-refractivity contribution in [3.63, 3.8) is 0 Å². The fourth-order valence-corrected chi connectivity index (χ4v) is 1.85. The second-order valence-corrected chi connectivity index (χ2v) is 5.17. The molecule has 0 saturated carbocycles. The fourth-order valence-electron chi connectivity index (χ4n) is 1.85. The molecule has 2 aromatic rings. The average molecular weight is 287 g/mol. The van der Waals surface area contributed by atoms with Crippen molar-refractivity contribution >= 4 is 11.6 Å². The number of hydrogen-bond donors (Lipinski definition) is 4. The summed E-state index contributed by atoms with van der Waals surface area (Å²) in [6, 6.07) is 11.4. The van der Waals surface area contributed by atoms with Crippen molar-refractivity contribution in [2.45, 2.75) is 25.8 Å². The zero-order chi connectivity index (χ0) is 15.3. The van der Waals surface area contributed by atoms with Crippen LogP contribution in [0.4, 0.5) is 11.6 Å². The third-order valence-corrected chi connectivity index (χ3v) is 3.47. The topological polar surface area (TPSA) is 96.1 Å². The van der Waals surface area contributed by atoms with Gasteiger partial charge >= 0.3 is 0 Å². The average Bonchev–Trinajstić information content (AvgIpc) is 2.55. The number of aliphatic hydroxyl groups excluding tert-OH is 1. The van der Waals surface area contributed by atoms with Crippen LogP contribution in [0.15, 0.2) is 36.4 Å². The Bertz CT molecular complexity index is 584. The van der Waals surface area contributed by atoms with Crippen molar-refractivity contribution in [1.29, 1.82) is 0 Å². The molecule has 0 saturated heterocycles. The van der Waals surface area contributed by atoms with Crippen LogP contribution in [0.5, 0.6) is 0 Å². The van der Waals surface area contributed by atoms with Crippen molar-refractivity contribution in [2.75, 3.05) is 17.3 Å². The number of aromatic nitrogens is 2. The highest BCUT2D eigenvalue weighted by Gasteiger charge is 2.21. The van der Waals surface area contributed by atoms with Gasteiger partial charge in [0.05, 0.1) is 12.1 Å². The minimum atomic E-state index is -0.436. The van der Waals surface area contributed by atoms with Gasteiger partial charge in [-0.25, -0.2) is 15.8 Å². The van der Waals surface area contributed by atoms with Gasteiger partial charge in [-0.2, -0.15) is 0 Å². The van der Waals surface area contributed by atoms with Crippen molar-refractivity contribution in [3.05, 3.63) is 36.4 Å². The molecule has 21 heavy (non-hydrogen) atoms. The normalized spacial score (nSPS) is 13.5. The Kier molecular flexibility index (Phi) is 4.72. The first-order valence-corrected chi connectivity index (χ1v) is 6.90. The Morgan fingerprint density at radius 1 is 1.19 bits per heavy atom. The molecular formula is C15H21N5O. The standard InChI is InChI=1S/C15H21N5O/c1-3-15(2,10-21)19-12-9-13(20-16)18-14(17-12)11-7-5-4-6-8-11/h4-9,21H,3,10,16H2,1-2H3,(H2,17,18,19,20). The quantitative estimate of drug-likeness (QED) is 0.479. The number of nitrogens with two attached hydrogens (primary N) is 1. The van der Waals surface area contributed by atoms with Crippen LogP contribution >= 0.6 is 0 Å². The van der Waals surface area contributed by atoms with Gasteiger partial charge in [-0.15, -0.1) is 0 Å². The summed E-state index contributed by atoms with van der Waals surface area (Å²) in [7, 11) is 0. The number of rotatable bonds is 6. The third kappa shape index (κ3) is 3.68. The first-order valence-electron chi connectivity index (χ1n) is 6.90. The van der Waals surface area contributed by atoms with E-state index in [1.54, 1.807) is 6.07 Å². The highest BCUT2D eigenvalue weighted by atomic mass is 16.3. The van der Waals surface area contributed by atoms with Gasteiger partial charge in [-0.1, -0.05) is 37.3 Å². The summed E-state index contributed by atoms with van der Waals surface area (Å²) in [5, 5.41) is 12.8. The number of nitrogen functional groups attached to an aromatic ring is 1. The molecule has 6 heteroatoms. The largest absolute Gasteiger partial charge is 0.394 e. The van der Waals surface area contributed by atoms with E-state index < -0.39 is 5.54 Å². The third-order valence-electron chi connectivity index (χ3n) is 3.47. The Labute approximate surface area is 124 Å². The van der Waals surface area contributed by atoms with E-state index in [2.05, 4.69) is 20.7 Å². The first-order chi connectivity index (χ1) is 10.1. The fraction of sp³-hybridized carbons (Fsp3) is 0.333. The van der Waals surface area contributed by atoms with Gasteiger partial charge in [-0.05, 0) is 13.3 Å². The molecule has 112 valence electrons. The summed E-state index contributed by atoms with van der Waals surface area (Å²) in [4.78, 5) is 8.86. The summed E-state index contributed by atoms with van der Waals surface area (Å²) >= 11 is 0. The van der Waals surface area contributed by atoms with Crippen LogP contribution in [-0.4, -0.2) is 27.2 Å². The maximum Gasteiger partial charge on any atom is 0.163 e. The molecular weight excluding hydrogens is 266 g/mol. The summed E-state index contributed by atoms with van der Waals surface area (Å²) < 4.78 is 0. The molecule has 0 amide bonds. The van der Waals surface area contributed by atoms with E-state index in [9.17, 15) is 5.11 Å². The van der Waals surface area contributed by atoms with E-state index in [-0.39, 0.29) is 6.61 Å². The van der Waals surface area contributed by atoms with Gasteiger partial charge < -0.3 is 15.8 Å². The Balaban J connectivity index is 2.39. The van der Waals surface area contributed by atoms with Crippen molar-refractivity contribution in [2.24, 2.45) is 5.84 Å². The molecule has 0 fully saturated rings. The molecule has 0 bridgehead atoms. The van der Waals surface area contributed by atoms with Crippen LogP contribution in [0.25, 0.3) is 11.4 Å². The molecule has 1 atom stereocenters. The highest BCUT2D eigenvalue weighted by Crippen LogP contribution is 2.22. The minimum Gasteiger partial charge on any atom is -0.394 e. The van der Waals surface area contributed by atoms with Crippen LogP contribution in [-0.2, 0) is 0 Å². The maximum absolute atomic E-state index is 9.51. The van der Waals surface area contributed by atoms with Gasteiger partial charge in [0.2, 0.25) is 0 Å². The van der Waals surface area contributed by atoms with E-state index in [4.69, 9.17) is 5.84 Å². The molecule has 6 nitrogen and oxygen atoms in total. The van der Waals surface area contributed by atoms with Crippen molar-refractivity contribution in [3.8, 4) is 11.4 Å². The lowest BCUT2D eigenvalue weighted by atomic mass is 10.0. The van der Waals surface area contributed by atoms with E-state index in [0.717, 1.165) is 12.0 Å². The van der Waals surface area contributed by atoms with Crippen LogP contribution in [0.2, 0.25) is 0 Å². The molecule has 1 aromatic carbocycles. The van der Waals surface area contributed by atoms with Crippen molar-refractivity contribution < 1.29 is 5.11 Å². The lowest BCUT2D eigenvalue weighted by molar-refractivity contribution is 0.218. The Hall–Kier alpha value is -2.18. The van der Waals surface area contributed by atoms with E-state index in [1.807, 2.05) is 44.2 Å². The lowest BCUT2D eigenvalue weighted by Gasteiger charge is -2.28. The van der Waals surface area contributed by atoms with Crippen LogP contribution in [0.3, 0.4) is 0 Å². The molecule has 1 heterocycles. The van der Waals surface area contributed by atoms with Crippen LogP contribution < -0.4 is 16.6 Å². The number of anilines is 2. The minimum absolute atomic E-state index is 0.0135. The van der Waals surface area contributed by atoms with Gasteiger partial charge in [0.25, 0.3) is 0 Å². The zero-order valence-electron chi connectivity index (χ0n) is 12.3. The number of benzene rings is 1. The number of hydrogen-bond acceptors (Lipinski definition) is 6. The zero-order valence-corrected chi connectivity index (χ0v) is 12.3. The Morgan fingerprint density at radius 2 is 1.86 bits per heavy atom. The highest BCUT2D eigenvalue weighted by molar-refractivity contribution is 5.61. The number of nitrogens with one attached hydrogen (secondary N) is 2. The summed E-state index contributed by atoms with van der Waals surface area (Å²) in [5.41, 5.74) is 3.01. The first kappa shape index (κ1) is 15.2. The summed E-state index contributed by atoms with van der Waals surface area (Å²) in [5.74, 6) is 7.19.